The highest BCUT2D eigenvalue weighted by Crippen LogP contribution is 2.09. The van der Waals surface area contributed by atoms with Gasteiger partial charge in [0.15, 0.2) is 0 Å². The number of carbonyl (C=O) groups excluding carboxylic acids is 2. The summed E-state index contributed by atoms with van der Waals surface area (Å²) in [7, 11) is 0. The lowest BCUT2D eigenvalue weighted by atomic mass is 10.0. The molecule has 20 heavy (non-hydrogen) atoms. The van der Waals surface area contributed by atoms with Gasteiger partial charge < -0.3 is 20.5 Å². The Morgan fingerprint density at radius 1 is 1.05 bits per heavy atom. The summed E-state index contributed by atoms with van der Waals surface area (Å²) in [5.41, 5.74) is -0.670. The molecule has 0 radical (unpaired) electrons. The molecule has 3 N–H and O–H groups in total. The molecule has 0 aromatic rings. The Bertz CT molecular complexity index is 373. The number of aliphatic carboxylic acids is 1. The third-order valence-electron chi connectivity index (χ3n) is 2.35. The molecular weight excluding hydrogens is 264 g/mol. The molecule has 0 aromatic carbocycles. The molecule has 0 spiro atoms. The highest BCUT2D eigenvalue weighted by Gasteiger charge is 2.28. The maximum absolute atomic E-state index is 12.0. The predicted molar refractivity (Wildman–Crippen MR) is 73.2 cm³/mol. The van der Waals surface area contributed by atoms with Gasteiger partial charge in [-0.1, -0.05) is 13.8 Å². The van der Waals surface area contributed by atoms with E-state index in [2.05, 4.69) is 10.6 Å². The molecule has 0 aliphatic heterocycles. The maximum Gasteiger partial charge on any atom is 0.408 e. The largest absolute Gasteiger partial charge is 0.480 e. The maximum atomic E-state index is 12.0. The summed E-state index contributed by atoms with van der Waals surface area (Å²) in [6, 6.07) is -1.88. The number of carboxylic acid groups (broad SMARTS) is 1. The van der Waals surface area contributed by atoms with Gasteiger partial charge in [0, 0.05) is 0 Å². The molecular formula is C13H24N2O5. The van der Waals surface area contributed by atoms with E-state index in [4.69, 9.17) is 9.84 Å². The quantitative estimate of drug-likeness (QED) is 0.703. The van der Waals surface area contributed by atoms with Crippen LogP contribution in [0.3, 0.4) is 0 Å². The fourth-order valence-electron chi connectivity index (χ4n) is 1.33. The number of ether oxygens (including phenoxy) is 1. The monoisotopic (exact) mass is 288 g/mol. The van der Waals surface area contributed by atoms with Gasteiger partial charge in [-0.3, -0.25) is 9.59 Å². The summed E-state index contributed by atoms with van der Waals surface area (Å²) < 4.78 is 5.07. The van der Waals surface area contributed by atoms with Crippen LogP contribution in [0.1, 0.15) is 41.5 Å². The number of hydrogen-bond donors (Lipinski definition) is 3. The second-order valence-corrected chi connectivity index (χ2v) is 5.94. The SMILES string of the molecule is CC(C)[C@H](NC(=O)OC(C)(C)C)C(=O)N[C@@H](C)C(=O)O. The lowest BCUT2D eigenvalue weighted by Crippen LogP contribution is -2.53. The number of carboxylic acids is 1. The Labute approximate surface area is 119 Å². The van der Waals surface area contributed by atoms with E-state index >= 15 is 0 Å². The lowest BCUT2D eigenvalue weighted by Gasteiger charge is -2.25. The van der Waals surface area contributed by atoms with Crippen molar-refractivity contribution in [2.75, 3.05) is 0 Å². The molecule has 0 heterocycles. The van der Waals surface area contributed by atoms with Crippen LogP contribution in [-0.4, -0.2) is 40.8 Å². The van der Waals surface area contributed by atoms with E-state index in [1.807, 2.05) is 0 Å². The summed E-state index contributed by atoms with van der Waals surface area (Å²) in [6.45, 7) is 9.97. The van der Waals surface area contributed by atoms with Crippen molar-refractivity contribution in [3.8, 4) is 0 Å². The van der Waals surface area contributed by atoms with Gasteiger partial charge in [-0.15, -0.1) is 0 Å². The summed E-state index contributed by atoms with van der Waals surface area (Å²) in [5.74, 6) is -1.90. The van der Waals surface area contributed by atoms with Crippen molar-refractivity contribution < 1.29 is 24.2 Å². The number of carbonyl (C=O) groups is 3. The molecule has 0 rings (SSSR count). The highest BCUT2D eigenvalue weighted by molar-refractivity contribution is 5.89. The minimum Gasteiger partial charge on any atom is -0.480 e. The molecule has 0 bridgehead atoms. The Balaban J connectivity index is 4.69. The van der Waals surface area contributed by atoms with Crippen LogP contribution in [0.25, 0.3) is 0 Å². The van der Waals surface area contributed by atoms with Crippen LogP contribution in [-0.2, 0) is 14.3 Å². The first-order valence-corrected chi connectivity index (χ1v) is 6.46. The molecule has 7 nitrogen and oxygen atoms in total. The second kappa shape index (κ2) is 7.12. The van der Waals surface area contributed by atoms with Crippen molar-refractivity contribution >= 4 is 18.0 Å². The van der Waals surface area contributed by atoms with E-state index in [-0.39, 0.29) is 5.92 Å². The summed E-state index contributed by atoms with van der Waals surface area (Å²) in [4.78, 5) is 34.3. The zero-order valence-corrected chi connectivity index (χ0v) is 12.8. The van der Waals surface area contributed by atoms with Crippen molar-refractivity contribution in [1.29, 1.82) is 0 Å². The number of hydrogen-bond acceptors (Lipinski definition) is 4. The zero-order valence-electron chi connectivity index (χ0n) is 12.8. The molecule has 0 aromatic heterocycles. The third-order valence-corrected chi connectivity index (χ3v) is 2.35. The average Bonchev–Trinajstić information content (AvgIpc) is 2.22. The topological polar surface area (TPSA) is 105 Å². The molecule has 0 aliphatic carbocycles. The Morgan fingerprint density at radius 3 is 1.90 bits per heavy atom. The molecule has 0 unspecified atom stereocenters. The van der Waals surface area contributed by atoms with E-state index in [0.717, 1.165) is 0 Å². The molecule has 2 atom stereocenters. The van der Waals surface area contributed by atoms with Gasteiger partial charge in [0.25, 0.3) is 0 Å². The highest BCUT2D eigenvalue weighted by atomic mass is 16.6. The fourth-order valence-corrected chi connectivity index (χ4v) is 1.33. The minimum atomic E-state index is -1.14. The molecule has 0 saturated carbocycles. The molecule has 0 fully saturated rings. The second-order valence-electron chi connectivity index (χ2n) is 5.94. The van der Waals surface area contributed by atoms with Crippen molar-refractivity contribution in [2.24, 2.45) is 5.92 Å². The van der Waals surface area contributed by atoms with E-state index in [0.29, 0.717) is 0 Å². The van der Waals surface area contributed by atoms with E-state index in [1.54, 1.807) is 34.6 Å². The zero-order chi connectivity index (χ0) is 16.1. The Kier molecular flexibility index (Phi) is 6.48. The Morgan fingerprint density at radius 2 is 1.55 bits per heavy atom. The van der Waals surface area contributed by atoms with Crippen molar-refractivity contribution in [2.45, 2.75) is 59.2 Å². The van der Waals surface area contributed by atoms with Gasteiger partial charge in [-0.2, -0.15) is 0 Å². The average molecular weight is 288 g/mol. The molecule has 0 aliphatic rings. The van der Waals surface area contributed by atoms with E-state index < -0.39 is 35.7 Å². The first-order valence-electron chi connectivity index (χ1n) is 6.46. The van der Waals surface area contributed by atoms with Crippen molar-refractivity contribution in [3.63, 3.8) is 0 Å². The van der Waals surface area contributed by atoms with Gasteiger partial charge in [0.1, 0.15) is 17.7 Å². The fraction of sp³-hybridized carbons (Fsp3) is 0.769. The smallest absolute Gasteiger partial charge is 0.408 e. The van der Waals surface area contributed by atoms with Crippen LogP contribution < -0.4 is 10.6 Å². The minimum absolute atomic E-state index is 0.205. The van der Waals surface area contributed by atoms with Gasteiger partial charge in [-0.25, -0.2) is 4.79 Å². The molecule has 7 heteroatoms. The normalized spacial score (nSPS) is 14.3. The lowest BCUT2D eigenvalue weighted by molar-refractivity contribution is -0.141. The van der Waals surface area contributed by atoms with Crippen molar-refractivity contribution in [1.82, 2.24) is 10.6 Å². The first kappa shape index (κ1) is 18.2. The number of nitrogens with one attached hydrogen (secondary N) is 2. The predicted octanol–water partition coefficient (Wildman–Crippen LogP) is 1.12. The first-order chi connectivity index (χ1) is 8.94. The van der Waals surface area contributed by atoms with E-state index in [1.165, 1.54) is 6.92 Å². The number of alkyl carbamates (subject to hydrolysis) is 1. The molecule has 116 valence electrons. The Hall–Kier alpha value is -1.79. The molecule has 2 amide bonds. The van der Waals surface area contributed by atoms with Crippen LogP contribution in [0.5, 0.6) is 0 Å². The van der Waals surface area contributed by atoms with Crippen LogP contribution in [0.15, 0.2) is 0 Å². The number of rotatable bonds is 5. The summed E-state index contributed by atoms with van der Waals surface area (Å²) in [6.07, 6.45) is -0.714. The molecule has 0 saturated heterocycles. The third kappa shape index (κ3) is 6.96. The van der Waals surface area contributed by atoms with Crippen LogP contribution in [0, 0.1) is 5.92 Å². The van der Waals surface area contributed by atoms with E-state index in [9.17, 15) is 14.4 Å². The number of amides is 2. The van der Waals surface area contributed by atoms with Crippen molar-refractivity contribution in [3.05, 3.63) is 0 Å². The standard InChI is InChI=1S/C13H24N2O5/c1-7(2)9(10(16)14-8(3)11(17)18)15-12(19)20-13(4,5)6/h7-9H,1-6H3,(H,14,16)(H,15,19)(H,17,18)/t8-,9-/m0/s1. The van der Waals surface area contributed by atoms with Crippen LogP contribution in [0.2, 0.25) is 0 Å². The van der Waals surface area contributed by atoms with Crippen LogP contribution >= 0.6 is 0 Å². The van der Waals surface area contributed by atoms with Gasteiger partial charge in [0.2, 0.25) is 5.91 Å². The van der Waals surface area contributed by atoms with Crippen LogP contribution in [0.4, 0.5) is 4.79 Å². The summed E-state index contributed by atoms with van der Waals surface area (Å²) in [5, 5.41) is 13.5. The van der Waals surface area contributed by atoms with Gasteiger partial charge in [-0.05, 0) is 33.6 Å². The summed E-state index contributed by atoms with van der Waals surface area (Å²) >= 11 is 0. The van der Waals surface area contributed by atoms with Gasteiger partial charge in [0.05, 0.1) is 0 Å². The van der Waals surface area contributed by atoms with Gasteiger partial charge >= 0.3 is 12.1 Å².